The van der Waals surface area contributed by atoms with Gasteiger partial charge in [-0.05, 0) is 6.07 Å². The molecule has 0 aliphatic rings. The Labute approximate surface area is 89.5 Å². The number of hydrogen-bond acceptors (Lipinski definition) is 3. The zero-order valence-corrected chi connectivity index (χ0v) is 8.69. The van der Waals surface area contributed by atoms with Gasteiger partial charge in [0.15, 0.2) is 11.6 Å². The maximum Gasteiger partial charge on any atom is 0.341 e. The van der Waals surface area contributed by atoms with E-state index in [0.717, 1.165) is 13.2 Å². The second kappa shape index (κ2) is 4.44. The van der Waals surface area contributed by atoms with Gasteiger partial charge in [-0.1, -0.05) is 11.6 Å². The van der Waals surface area contributed by atoms with Crippen molar-refractivity contribution in [1.82, 2.24) is 0 Å². The minimum atomic E-state index is -1.35. The third-order valence-corrected chi connectivity index (χ3v) is 2.09. The molecule has 0 unspecified atom stereocenters. The Morgan fingerprint density at radius 3 is 2.40 bits per heavy atom. The lowest BCUT2D eigenvalue weighted by molar-refractivity contribution is 0.0594. The summed E-state index contributed by atoms with van der Waals surface area (Å²) in [5.74, 6) is -3.82. The van der Waals surface area contributed by atoms with Gasteiger partial charge >= 0.3 is 5.97 Å². The summed E-state index contributed by atoms with van der Waals surface area (Å²) in [4.78, 5) is 11.0. The molecule has 0 fully saturated rings. The molecule has 82 valence electrons. The summed E-state index contributed by atoms with van der Waals surface area (Å²) in [6.07, 6.45) is 0. The van der Waals surface area contributed by atoms with Crippen LogP contribution in [0, 0.1) is 11.6 Å². The Morgan fingerprint density at radius 2 is 1.93 bits per heavy atom. The van der Waals surface area contributed by atoms with E-state index < -0.39 is 28.2 Å². The molecule has 0 spiro atoms. The molecule has 0 atom stereocenters. The molecular formula is C9H7ClF2O3. The van der Waals surface area contributed by atoms with E-state index in [1.807, 2.05) is 0 Å². The number of rotatable bonds is 2. The summed E-state index contributed by atoms with van der Waals surface area (Å²) in [6, 6.07) is 0.979. The number of ether oxygens (including phenoxy) is 2. The van der Waals surface area contributed by atoms with Gasteiger partial charge in [0.1, 0.15) is 16.3 Å². The first-order valence-corrected chi connectivity index (χ1v) is 4.20. The fourth-order valence-electron chi connectivity index (χ4n) is 0.988. The van der Waals surface area contributed by atoms with E-state index in [9.17, 15) is 13.6 Å². The summed E-state index contributed by atoms with van der Waals surface area (Å²) >= 11 is 5.43. The highest BCUT2D eigenvalue weighted by Crippen LogP contribution is 2.31. The van der Waals surface area contributed by atoms with Crippen molar-refractivity contribution in [3.63, 3.8) is 0 Å². The Balaban J connectivity index is 3.41. The number of carbonyl (C=O) groups excluding carboxylic acids is 1. The van der Waals surface area contributed by atoms with E-state index in [-0.39, 0.29) is 5.75 Å². The third-order valence-electron chi connectivity index (χ3n) is 1.74. The summed E-state index contributed by atoms with van der Waals surface area (Å²) in [5, 5.41) is -0.511. The highest BCUT2D eigenvalue weighted by molar-refractivity contribution is 6.32. The number of halogens is 3. The van der Waals surface area contributed by atoms with Crippen molar-refractivity contribution in [3.8, 4) is 5.75 Å². The first-order chi connectivity index (χ1) is 7.02. The Hall–Kier alpha value is -1.36. The standard InChI is InChI=1S/C9H7ClF2O3/c1-14-5-3-4(9(13)15-2)7(11)8(12)6(5)10/h3H,1-2H3. The molecule has 0 radical (unpaired) electrons. The number of carbonyl (C=O) groups is 1. The van der Waals surface area contributed by atoms with Gasteiger partial charge in [-0.15, -0.1) is 0 Å². The molecule has 1 rings (SSSR count). The summed E-state index contributed by atoms with van der Waals surface area (Å²) < 4.78 is 35.3. The Bertz CT molecular complexity index is 407. The third kappa shape index (κ3) is 2.02. The first kappa shape index (κ1) is 11.7. The Morgan fingerprint density at radius 1 is 1.33 bits per heavy atom. The fraction of sp³-hybridized carbons (Fsp3) is 0.222. The maximum atomic E-state index is 13.2. The number of methoxy groups -OCH3 is 2. The van der Waals surface area contributed by atoms with Crippen LogP contribution in [0.2, 0.25) is 5.02 Å². The van der Waals surface area contributed by atoms with Gasteiger partial charge in [-0.25, -0.2) is 13.6 Å². The van der Waals surface area contributed by atoms with Crippen LogP contribution in [0.3, 0.4) is 0 Å². The van der Waals surface area contributed by atoms with E-state index in [2.05, 4.69) is 9.47 Å². The topological polar surface area (TPSA) is 35.5 Å². The smallest absolute Gasteiger partial charge is 0.341 e. The molecule has 0 heterocycles. The molecule has 0 N–H and O–H groups in total. The lowest BCUT2D eigenvalue weighted by Gasteiger charge is -2.08. The van der Waals surface area contributed by atoms with Gasteiger partial charge in [0, 0.05) is 0 Å². The van der Waals surface area contributed by atoms with Crippen molar-refractivity contribution in [3.05, 3.63) is 28.3 Å². The molecule has 0 amide bonds. The molecule has 0 saturated carbocycles. The predicted molar refractivity (Wildman–Crippen MR) is 49.3 cm³/mol. The zero-order valence-electron chi connectivity index (χ0n) is 7.94. The molecule has 3 nitrogen and oxygen atoms in total. The van der Waals surface area contributed by atoms with Crippen LogP contribution in [0.5, 0.6) is 5.75 Å². The highest BCUT2D eigenvalue weighted by Gasteiger charge is 2.22. The lowest BCUT2D eigenvalue weighted by Crippen LogP contribution is -2.07. The zero-order chi connectivity index (χ0) is 11.6. The van der Waals surface area contributed by atoms with Crippen LogP contribution in [0.15, 0.2) is 6.07 Å². The van der Waals surface area contributed by atoms with Gasteiger partial charge < -0.3 is 9.47 Å². The van der Waals surface area contributed by atoms with Crippen LogP contribution in [0.4, 0.5) is 8.78 Å². The number of benzene rings is 1. The van der Waals surface area contributed by atoms with Crippen LogP contribution in [-0.4, -0.2) is 20.2 Å². The molecule has 0 aliphatic heterocycles. The van der Waals surface area contributed by atoms with E-state index in [1.54, 1.807) is 0 Å². The average Bonchev–Trinajstić information content (AvgIpc) is 2.25. The number of hydrogen-bond donors (Lipinski definition) is 0. The van der Waals surface area contributed by atoms with Crippen molar-refractivity contribution >= 4 is 17.6 Å². The summed E-state index contributed by atoms with van der Waals surface area (Å²) in [7, 11) is 2.28. The van der Waals surface area contributed by atoms with Gasteiger partial charge in [0.25, 0.3) is 0 Å². The van der Waals surface area contributed by atoms with E-state index in [1.165, 1.54) is 7.11 Å². The largest absolute Gasteiger partial charge is 0.495 e. The van der Waals surface area contributed by atoms with Crippen molar-refractivity contribution in [2.24, 2.45) is 0 Å². The van der Waals surface area contributed by atoms with Crippen LogP contribution < -0.4 is 4.74 Å². The molecule has 0 saturated heterocycles. The number of esters is 1. The van der Waals surface area contributed by atoms with Gasteiger partial charge in [-0.2, -0.15) is 0 Å². The van der Waals surface area contributed by atoms with Gasteiger partial charge in [0.2, 0.25) is 0 Å². The molecule has 0 aliphatic carbocycles. The van der Waals surface area contributed by atoms with E-state index in [0.29, 0.717) is 0 Å². The fourth-order valence-corrected chi connectivity index (χ4v) is 1.20. The maximum absolute atomic E-state index is 13.2. The van der Waals surface area contributed by atoms with Crippen LogP contribution in [0.1, 0.15) is 10.4 Å². The van der Waals surface area contributed by atoms with Crippen molar-refractivity contribution in [2.75, 3.05) is 14.2 Å². The molecule has 1 aromatic carbocycles. The van der Waals surface area contributed by atoms with Crippen LogP contribution >= 0.6 is 11.6 Å². The Kier molecular flexibility index (Phi) is 3.47. The molecular weight excluding hydrogens is 230 g/mol. The van der Waals surface area contributed by atoms with Crippen molar-refractivity contribution in [2.45, 2.75) is 0 Å². The molecule has 0 aromatic heterocycles. The van der Waals surface area contributed by atoms with Gasteiger partial charge in [0.05, 0.1) is 14.2 Å². The quantitative estimate of drug-likeness (QED) is 0.584. The molecule has 0 bridgehead atoms. The first-order valence-electron chi connectivity index (χ1n) is 3.82. The van der Waals surface area contributed by atoms with Crippen LogP contribution in [-0.2, 0) is 4.74 Å². The summed E-state index contributed by atoms with van der Waals surface area (Å²) in [5.41, 5.74) is -0.559. The second-order valence-corrected chi connectivity index (χ2v) is 2.94. The average molecular weight is 237 g/mol. The second-order valence-electron chi connectivity index (χ2n) is 2.56. The molecule has 15 heavy (non-hydrogen) atoms. The summed E-state index contributed by atoms with van der Waals surface area (Å²) in [6.45, 7) is 0. The van der Waals surface area contributed by atoms with Crippen molar-refractivity contribution < 1.29 is 23.0 Å². The SMILES string of the molecule is COC(=O)c1cc(OC)c(Cl)c(F)c1F. The minimum absolute atomic E-state index is 0.129. The highest BCUT2D eigenvalue weighted by atomic mass is 35.5. The minimum Gasteiger partial charge on any atom is -0.495 e. The van der Waals surface area contributed by atoms with E-state index >= 15 is 0 Å². The molecule has 1 aromatic rings. The normalized spacial score (nSPS) is 9.93. The predicted octanol–water partition coefficient (Wildman–Crippen LogP) is 2.41. The monoisotopic (exact) mass is 236 g/mol. The lowest BCUT2D eigenvalue weighted by atomic mass is 10.2. The van der Waals surface area contributed by atoms with Crippen LogP contribution in [0.25, 0.3) is 0 Å². The van der Waals surface area contributed by atoms with Gasteiger partial charge in [-0.3, -0.25) is 0 Å². The molecule has 6 heteroatoms. The van der Waals surface area contributed by atoms with E-state index in [4.69, 9.17) is 11.6 Å². The van der Waals surface area contributed by atoms with Crippen molar-refractivity contribution in [1.29, 1.82) is 0 Å².